The number of piperidine rings is 1. The van der Waals surface area contributed by atoms with Gasteiger partial charge in [0.2, 0.25) is 5.91 Å². The van der Waals surface area contributed by atoms with Crippen LogP contribution in [0, 0.1) is 5.41 Å². The van der Waals surface area contributed by atoms with Crippen molar-refractivity contribution in [3.8, 4) is 0 Å². The molecule has 0 spiro atoms. The van der Waals surface area contributed by atoms with Gasteiger partial charge in [-0.1, -0.05) is 42.5 Å². The fraction of sp³-hybridized carbons (Fsp3) is 0.630. The Kier molecular flexibility index (Phi) is 8.26. The Morgan fingerprint density at radius 1 is 1.03 bits per heavy atom. The monoisotopic (exact) mass is 472 g/mol. The number of alkyl carbamates (subject to hydrolysis) is 1. The zero-order chi connectivity index (χ0) is 25.9. The summed E-state index contributed by atoms with van der Waals surface area (Å²) in [6, 6.07) is 8.99. The molecule has 1 aromatic rings. The average Bonchev–Trinajstić information content (AvgIpc) is 2.68. The predicted octanol–water partition coefficient (Wildman–Crippen LogP) is 5.32. The van der Waals surface area contributed by atoms with E-state index in [0.29, 0.717) is 12.8 Å². The van der Waals surface area contributed by atoms with Crippen molar-refractivity contribution in [3.63, 3.8) is 0 Å². The van der Waals surface area contributed by atoms with Gasteiger partial charge in [0.05, 0.1) is 11.5 Å². The summed E-state index contributed by atoms with van der Waals surface area (Å²) in [5.41, 5.74) is -1.68. The second-order valence-corrected chi connectivity index (χ2v) is 12.1. The Balaban J connectivity index is 2.16. The van der Waals surface area contributed by atoms with Gasteiger partial charge >= 0.3 is 6.09 Å². The Labute approximate surface area is 204 Å². The Hall–Kier alpha value is -2.38. The van der Waals surface area contributed by atoms with Crippen LogP contribution >= 0.6 is 0 Å². The van der Waals surface area contributed by atoms with Crippen LogP contribution in [0.2, 0.25) is 0 Å². The van der Waals surface area contributed by atoms with Gasteiger partial charge in [-0.25, -0.2) is 4.79 Å². The van der Waals surface area contributed by atoms with Crippen molar-refractivity contribution in [2.45, 2.75) is 104 Å². The van der Waals surface area contributed by atoms with E-state index in [1.165, 1.54) is 0 Å². The minimum atomic E-state index is -0.828. The summed E-state index contributed by atoms with van der Waals surface area (Å²) in [5, 5.41) is 19.8. The first-order valence-corrected chi connectivity index (χ1v) is 12.0. The van der Waals surface area contributed by atoms with E-state index in [1.54, 1.807) is 0 Å². The summed E-state index contributed by atoms with van der Waals surface area (Å²) in [6.45, 7) is 16.8. The van der Waals surface area contributed by atoms with Crippen molar-refractivity contribution in [2.24, 2.45) is 5.41 Å². The molecule has 189 valence electrons. The highest BCUT2D eigenvalue weighted by Gasteiger charge is 2.47. The lowest BCUT2D eigenvalue weighted by Crippen LogP contribution is -2.62. The number of benzene rings is 1. The molecular weight excluding hydrogens is 430 g/mol. The van der Waals surface area contributed by atoms with Crippen LogP contribution < -0.4 is 10.6 Å². The van der Waals surface area contributed by atoms with E-state index < -0.39 is 34.2 Å². The van der Waals surface area contributed by atoms with Crippen LogP contribution in [0.25, 0.3) is 0 Å². The van der Waals surface area contributed by atoms with Crippen LogP contribution in [0.3, 0.4) is 0 Å². The SMILES string of the molecule is CC(C)(C)OC(=O)N[C@@H](/C=C/C(C)(C)C(=O)NC1CC(C)(C)N([O])C(C)(C)C1)c1ccccc1. The molecule has 0 unspecified atom stereocenters. The molecule has 34 heavy (non-hydrogen) atoms. The second kappa shape index (κ2) is 10.1. The highest BCUT2D eigenvalue weighted by Crippen LogP contribution is 2.37. The summed E-state index contributed by atoms with van der Waals surface area (Å²) in [6.07, 6.45) is 4.28. The molecule has 0 saturated carbocycles. The third-order valence-electron chi connectivity index (χ3n) is 6.05. The first-order valence-electron chi connectivity index (χ1n) is 12.0. The molecule has 1 aromatic carbocycles. The second-order valence-electron chi connectivity index (χ2n) is 12.1. The predicted molar refractivity (Wildman–Crippen MR) is 133 cm³/mol. The van der Waals surface area contributed by atoms with Gasteiger partial charge in [-0.2, -0.15) is 0 Å². The lowest BCUT2D eigenvalue weighted by atomic mass is 9.78. The third-order valence-corrected chi connectivity index (χ3v) is 6.05. The summed E-state index contributed by atoms with van der Waals surface area (Å²) in [4.78, 5) is 25.7. The number of nitrogens with one attached hydrogen (secondary N) is 2. The maximum absolute atomic E-state index is 13.2. The lowest BCUT2D eigenvalue weighted by Gasteiger charge is -2.50. The Morgan fingerprint density at radius 2 is 1.56 bits per heavy atom. The molecule has 1 aliphatic rings. The molecule has 1 fully saturated rings. The molecule has 0 aliphatic carbocycles. The molecule has 2 amide bonds. The number of ether oxygens (including phenoxy) is 1. The van der Waals surface area contributed by atoms with Gasteiger partial charge in [-0.05, 0) is 80.7 Å². The van der Waals surface area contributed by atoms with E-state index in [9.17, 15) is 14.8 Å². The summed E-state index contributed by atoms with van der Waals surface area (Å²) >= 11 is 0. The van der Waals surface area contributed by atoms with Gasteiger partial charge < -0.3 is 15.4 Å². The molecule has 1 aliphatic heterocycles. The van der Waals surface area contributed by atoms with Crippen LogP contribution in [0.5, 0.6) is 0 Å². The van der Waals surface area contributed by atoms with E-state index in [-0.39, 0.29) is 11.9 Å². The molecule has 1 radical (unpaired) electrons. The average molecular weight is 473 g/mol. The number of hydroxylamine groups is 2. The topological polar surface area (TPSA) is 90.6 Å². The molecule has 2 rings (SSSR count). The van der Waals surface area contributed by atoms with Gasteiger partial charge in [0.15, 0.2) is 0 Å². The first-order chi connectivity index (χ1) is 15.4. The number of carbonyl (C=O) groups excluding carboxylic acids is 2. The van der Waals surface area contributed by atoms with Crippen molar-refractivity contribution in [1.29, 1.82) is 0 Å². The summed E-state index contributed by atoms with van der Waals surface area (Å²) in [7, 11) is 0. The fourth-order valence-electron chi connectivity index (χ4n) is 4.49. The highest BCUT2D eigenvalue weighted by molar-refractivity contribution is 5.84. The smallest absolute Gasteiger partial charge is 0.408 e. The van der Waals surface area contributed by atoms with Crippen LogP contribution in [0.4, 0.5) is 4.79 Å². The largest absolute Gasteiger partial charge is 0.444 e. The van der Waals surface area contributed by atoms with Gasteiger partial charge in [-0.3, -0.25) is 4.79 Å². The van der Waals surface area contributed by atoms with E-state index in [4.69, 9.17) is 4.74 Å². The molecule has 1 saturated heterocycles. The molecule has 0 aromatic heterocycles. The fourth-order valence-corrected chi connectivity index (χ4v) is 4.49. The first kappa shape index (κ1) is 27.9. The zero-order valence-corrected chi connectivity index (χ0v) is 22.2. The summed E-state index contributed by atoms with van der Waals surface area (Å²) in [5.74, 6) is -0.122. The minimum absolute atomic E-state index is 0.0971. The van der Waals surface area contributed by atoms with Crippen LogP contribution in [-0.4, -0.2) is 39.8 Å². The molecule has 1 atom stereocenters. The van der Waals surface area contributed by atoms with E-state index in [2.05, 4.69) is 10.6 Å². The van der Waals surface area contributed by atoms with Crippen molar-refractivity contribution < 1.29 is 19.5 Å². The highest BCUT2D eigenvalue weighted by atomic mass is 16.6. The number of carbonyl (C=O) groups is 2. The summed E-state index contributed by atoms with van der Waals surface area (Å²) < 4.78 is 5.42. The van der Waals surface area contributed by atoms with Crippen LogP contribution in [-0.2, 0) is 14.7 Å². The molecule has 7 nitrogen and oxygen atoms in total. The number of rotatable bonds is 6. The normalized spacial score (nSPS) is 20.1. The maximum atomic E-state index is 13.2. The number of hydrogen-bond acceptors (Lipinski definition) is 4. The van der Waals surface area contributed by atoms with E-state index in [1.807, 2.05) is 105 Å². The van der Waals surface area contributed by atoms with Crippen LogP contribution in [0.15, 0.2) is 42.5 Å². The van der Waals surface area contributed by atoms with E-state index in [0.717, 1.165) is 10.6 Å². The van der Waals surface area contributed by atoms with Crippen molar-refractivity contribution in [1.82, 2.24) is 15.7 Å². The van der Waals surface area contributed by atoms with Crippen LogP contribution in [0.1, 0.15) is 86.8 Å². The third kappa shape index (κ3) is 7.57. The zero-order valence-electron chi connectivity index (χ0n) is 22.2. The number of hydrogen-bond donors (Lipinski definition) is 2. The molecule has 1 heterocycles. The van der Waals surface area contributed by atoms with Gasteiger partial charge in [0.25, 0.3) is 0 Å². The molecule has 7 heteroatoms. The Morgan fingerprint density at radius 3 is 2.06 bits per heavy atom. The lowest BCUT2D eigenvalue weighted by molar-refractivity contribution is -0.290. The van der Waals surface area contributed by atoms with Crippen molar-refractivity contribution in [3.05, 3.63) is 48.0 Å². The minimum Gasteiger partial charge on any atom is -0.444 e. The van der Waals surface area contributed by atoms with E-state index >= 15 is 0 Å². The van der Waals surface area contributed by atoms with Crippen molar-refractivity contribution in [2.75, 3.05) is 0 Å². The molecular formula is C27H42N3O4. The number of amides is 2. The van der Waals surface area contributed by atoms with Crippen molar-refractivity contribution >= 4 is 12.0 Å². The standard InChI is InChI=1S/C27H42N3O4/c1-24(2,3)34-23(32)29-21(19-13-11-10-12-14-19)15-16-25(4,5)22(31)28-20-17-26(6,7)30(33)27(8,9)18-20/h10-16,20-21H,17-18H2,1-9H3,(H,28,31)(H,29,32)/b16-15+/t21-/m0/s1. The van der Waals surface area contributed by atoms with Gasteiger partial charge in [0, 0.05) is 17.1 Å². The quantitative estimate of drug-likeness (QED) is 0.549. The Bertz CT molecular complexity index is 867. The molecule has 0 bridgehead atoms. The number of nitrogens with zero attached hydrogens (tertiary/aromatic N) is 1. The van der Waals surface area contributed by atoms with Gasteiger partial charge in [0.1, 0.15) is 5.60 Å². The molecule has 2 N–H and O–H groups in total. The van der Waals surface area contributed by atoms with Gasteiger partial charge in [-0.15, -0.1) is 10.3 Å². The maximum Gasteiger partial charge on any atom is 0.408 e.